The van der Waals surface area contributed by atoms with Gasteiger partial charge in [-0.15, -0.1) is 0 Å². The summed E-state index contributed by atoms with van der Waals surface area (Å²) in [5, 5.41) is 1.27. The molecule has 26 heavy (non-hydrogen) atoms. The number of rotatable bonds is 3. The lowest BCUT2D eigenvalue weighted by Crippen LogP contribution is -2.30. The highest BCUT2D eigenvalue weighted by molar-refractivity contribution is 6.42. The topological polar surface area (TPSA) is 50.5 Å². The Morgan fingerprint density at radius 3 is 2.58 bits per heavy atom. The second kappa shape index (κ2) is 6.45. The van der Waals surface area contributed by atoms with E-state index >= 15 is 0 Å². The summed E-state index contributed by atoms with van der Waals surface area (Å²) >= 11 is 12.2. The van der Waals surface area contributed by atoms with Crippen molar-refractivity contribution in [1.82, 2.24) is 4.90 Å². The molecule has 1 aromatic heterocycles. The van der Waals surface area contributed by atoms with Crippen molar-refractivity contribution in [2.45, 2.75) is 19.4 Å². The normalized spacial score (nSPS) is 16.3. The van der Waals surface area contributed by atoms with E-state index in [0.29, 0.717) is 33.1 Å². The van der Waals surface area contributed by atoms with E-state index in [0.717, 1.165) is 12.0 Å². The summed E-state index contributed by atoms with van der Waals surface area (Å²) < 4.78 is 5.83. The predicted molar refractivity (Wildman–Crippen MR) is 102 cm³/mol. The first-order valence-electron chi connectivity index (χ1n) is 8.34. The van der Waals surface area contributed by atoms with Gasteiger partial charge in [0.2, 0.25) is 5.76 Å². The molecule has 0 N–H and O–H groups in total. The Morgan fingerprint density at radius 2 is 1.85 bits per heavy atom. The van der Waals surface area contributed by atoms with Gasteiger partial charge < -0.3 is 9.32 Å². The van der Waals surface area contributed by atoms with Crippen LogP contribution < -0.4 is 5.43 Å². The maximum atomic E-state index is 13.2. The molecule has 2 heterocycles. The number of fused-ring (bicyclic) bond motifs is 2. The number of nitrogens with zero attached hydrogens (tertiary/aromatic N) is 1. The number of para-hydroxylation sites is 1. The number of hydrogen-bond donors (Lipinski definition) is 0. The molecular weight excluding hydrogens is 373 g/mol. The lowest BCUT2D eigenvalue weighted by atomic mass is 9.98. The van der Waals surface area contributed by atoms with Crippen LogP contribution in [0.1, 0.15) is 41.1 Å². The number of halogens is 2. The Bertz CT molecular complexity index is 1090. The largest absolute Gasteiger partial charge is 0.450 e. The molecule has 4 nitrogen and oxygen atoms in total. The van der Waals surface area contributed by atoms with Crippen LogP contribution in [0.4, 0.5) is 0 Å². The van der Waals surface area contributed by atoms with Gasteiger partial charge in [0.25, 0.3) is 5.91 Å². The number of carbonyl (C=O) groups excluding carboxylic acids is 1. The van der Waals surface area contributed by atoms with Gasteiger partial charge in [-0.2, -0.15) is 0 Å². The first-order valence-corrected chi connectivity index (χ1v) is 9.10. The maximum absolute atomic E-state index is 13.2. The number of hydrogen-bond acceptors (Lipinski definition) is 3. The molecule has 1 atom stereocenters. The van der Waals surface area contributed by atoms with Crippen molar-refractivity contribution >= 4 is 40.1 Å². The van der Waals surface area contributed by atoms with Gasteiger partial charge in [-0.05, 0) is 36.2 Å². The van der Waals surface area contributed by atoms with Crippen LogP contribution in [0.25, 0.3) is 11.0 Å². The third-order valence-corrected chi connectivity index (χ3v) is 5.34. The zero-order valence-corrected chi connectivity index (χ0v) is 15.5. The highest BCUT2D eigenvalue weighted by Crippen LogP contribution is 2.39. The zero-order chi connectivity index (χ0) is 18.4. The van der Waals surface area contributed by atoms with Crippen molar-refractivity contribution in [2.24, 2.45) is 0 Å². The molecule has 0 saturated heterocycles. The molecule has 0 bridgehead atoms. The highest BCUT2D eigenvalue weighted by atomic mass is 35.5. The fourth-order valence-electron chi connectivity index (χ4n) is 3.47. The highest BCUT2D eigenvalue weighted by Gasteiger charge is 2.42. The summed E-state index contributed by atoms with van der Waals surface area (Å²) in [7, 11) is 0. The average Bonchev–Trinajstić information content (AvgIpc) is 2.91. The maximum Gasteiger partial charge on any atom is 0.290 e. The fourth-order valence-corrected chi connectivity index (χ4v) is 3.77. The first kappa shape index (κ1) is 17.1. The van der Waals surface area contributed by atoms with Gasteiger partial charge >= 0.3 is 0 Å². The Hall–Kier alpha value is -2.30. The summed E-state index contributed by atoms with van der Waals surface area (Å²) in [5.41, 5.74) is 1.32. The zero-order valence-electron chi connectivity index (χ0n) is 14.0. The second-order valence-corrected chi connectivity index (χ2v) is 7.06. The molecule has 0 aliphatic carbocycles. The van der Waals surface area contributed by atoms with E-state index in [1.165, 1.54) is 0 Å². The third kappa shape index (κ3) is 2.52. The molecule has 3 aromatic rings. The van der Waals surface area contributed by atoms with E-state index in [1.54, 1.807) is 47.4 Å². The van der Waals surface area contributed by atoms with Crippen molar-refractivity contribution < 1.29 is 9.21 Å². The van der Waals surface area contributed by atoms with E-state index in [2.05, 4.69) is 0 Å². The van der Waals surface area contributed by atoms with Crippen LogP contribution in [0.2, 0.25) is 10.0 Å². The van der Waals surface area contributed by atoms with Crippen molar-refractivity contribution in [2.75, 3.05) is 6.54 Å². The molecule has 0 fully saturated rings. The number of carbonyl (C=O) groups is 1. The number of amides is 1. The molecule has 1 aliphatic heterocycles. The van der Waals surface area contributed by atoms with Crippen LogP contribution in [0.3, 0.4) is 0 Å². The smallest absolute Gasteiger partial charge is 0.290 e. The molecule has 1 aliphatic rings. The van der Waals surface area contributed by atoms with E-state index in [-0.39, 0.29) is 17.1 Å². The monoisotopic (exact) mass is 387 g/mol. The van der Waals surface area contributed by atoms with Crippen LogP contribution in [0.5, 0.6) is 0 Å². The molecule has 2 aromatic carbocycles. The van der Waals surface area contributed by atoms with Gasteiger partial charge in [-0.25, -0.2) is 0 Å². The van der Waals surface area contributed by atoms with E-state index < -0.39 is 6.04 Å². The van der Waals surface area contributed by atoms with Crippen LogP contribution in [0, 0.1) is 0 Å². The Labute approximate surface area is 159 Å². The van der Waals surface area contributed by atoms with Crippen molar-refractivity contribution in [1.29, 1.82) is 0 Å². The molecule has 0 spiro atoms. The second-order valence-electron chi connectivity index (χ2n) is 6.24. The summed E-state index contributed by atoms with van der Waals surface area (Å²) in [6.07, 6.45) is 0.755. The van der Waals surface area contributed by atoms with Gasteiger partial charge in [-0.1, -0.05) is 48.3 Å². The lowest BCUT2D eigenvalue weighted by molar-refractivity contribution is 0.0728. The molecular formula is C20H15Cl2NO3. The SMILES string of the molecule is CCCN1C(=O)c2oc3ccccc3c(=O)c2[C@H]1c1ccc(Cl)c(Cl)c1. The van der Waals surface area contributed by atoms with Gasteiger partial charge in [0.15, 0.2) is 5.43 Å². The van der Waals surface area contributed by atoms with E-state index in [1.807, 2.05) is 6.92 Å². The molecule has 6 heteroatoms. The standard InChI is InChI=1S/C20H15Cl2NO3/c1-2-9-23-17(11-7-8-13(21)14(22)10-11)16-18(24)12-5-3-4-6-15(12)26-19(16)20(23)25/h3-8,10,17H,2,9H2,1H3/t17-/m1/s1. The van der Waals surface area contributed by atoms with Crippen molar-refractivity contribution in [3.8, 4) is 0 Å². The minimum atomic E-state index is -0.534. The van der Waals surface area contributed by atoms with Crippen molar-refractivity contribution in [3.63, 3.8) is 0 Å². The fraction of sp³-hybridized carbons (Fsp3) is 0.200. The summed E-state index contributed by atoms with van der Waals surface area (Å²) in [6.45, 7) is 2.48. The van der Waals surface area contributed by atoms with E-state index in [4.69, 9.17) is 27.6 Å². The molecule has 0 unspecified atom stereocenters. The van der Waals surface area contributed by atoms with Crippen LogP contribution in [-0.4, -0.2) is 17.4 Å². The van der Waals surface area contributed by atoms with Crippen LogP contribution in [-0.2, 0) is 0 Å². The molecule has 4 rings (SSSR count). The Balaban J connectivity index is 2.01. The predicted octanol–water partition coefficient (Wildman–Crippen LogP) is 5.06. The van der Waals surface area contributed by atoms with Crippen molar-refractivity contribution in [3.05, 3.63) is 79.6 Å². The Morgan fingerprint density at radius 1 is 1.08 bits per heavy atom. The van der Waals surface area contributed by atoms with Gasteiger partial charge in [0.05, 0.1) is 27.0 Å². The minimum absolute atomic E-state index is 0.109. The van der Waals surface area contributed by atoms with Crippen LogP contribution >= 0.6 is 23.2 Å². The average molecular weight is 388 g/mol. The minimum Gasteiger partial charge on any atom is -0.450 e. The van der Waals surface area contributed by atoms with Gasteiger partial charge in [-0.3, -0.25) is 9.59 Å². The lowest BCUT2D eigenvalue weighted by Gasteiger charge is -2.24. The van der Waals surface area contributed by atoms with E-state index in [9.17, 15) is 9.59 Å². The molecule has 1 amide bonds. The third-order valence-electron chi connectivity index (χ3n) is 4.60. The summed E-state index contributed by atoms with van der Waals surface area (Å²) in [6, 6.07) is 11.6. The van der Waals surface area contributed by atoms with Gasteiger partial charge in [0.1, 0.15) is 5.58 Å². The Kier molecular flexibility index (Phi) is 4.25. The number of benzene rings is 2. The molecule has 0 radical (unpaired) electrons. The first-order chi connectivity index (χ1) is 12.5. The van der Waals surface area contributed by atoms with Gasteiger partial charge in [0, 0.05) is 6.54 Å². The summed E-state index contributed by atoms with van der Waals surface area (Å²) in [4.78, 5) is 27.8. The summed E-state index contributed by atoms with van der Waals surface area (Å²) in [5.74, 6) is -0.168. The molecule has 132 valence electrons. The van der Waals surface area contributed by atoms with Crippen LogP contribution in [0.15, 0.2) is 51.7 Å². The molecule has 0 saturated carbocycles. The quantitative estimate of drug-likeness (QED) is 0.631.